The molecule has 5 heteroatoms. The molecule has 0 aromatic carbocycles. The van der Waals surface area contributed by atoms with Gasteiger partial charge in [-0.05, 0) is 22.0 Å². The number of aromatic nitrogens is 3. The molecule has 0 spiro atoms. The van der Waals surface area contributed by atoms with Crippen LogP contribution < -0.4 is 4.90 Å². The highest BCUT2D eigenvalue weighted by Crippen LogP contribution is 2.23. The number of anilines is 2. The van der Waals surface area contributed by atoms with Gasteiger partial charge in [-0.25, -0.2) is 9.97 Å². The number of nitrogens with zero attached hydrogens (tertiary/aromatic N) is 4. The molecule has 2 aromatic rings. The summed E-state index contributed by atoms with van der Waals surface area (Å²) in [4.78, 5) is 14.0. The molecule has 2 aromatic heterocycles. The predicted molar refractivity (Wildman–Crippen MR) is 62.0 cm³/mol. The predicted octanol–water partition coefficient (Wildman–Crippen LogP) is 2.40. The fourth-order valence-corrected chi connectivity index (χ4v) is 1.55. The largest absolute Gasteiger partial charge is 0.341 e. The van der Waals surface area contributed by atoms with E-state index in [1.807, 2.05) is 18.0 Å². The van der Waals surface area contributed by atoms with Crippen molar-refractivity contribution in [2.24, 2.45) is 0 Å². The third-order valence-corrected chi connectivity index (χ3v) is 2.45. The molecule has 0 saturated carbocycles. The second-order valence-corrected chi connectivity index (χ2v) is 3.93. The first-order chi connectivity index (χ1) is 7.27. The molecule has 0 fully saturated rings. The minimum Gasteiger partial charge on any atom is -0.341 e. The van der Waals surface area contributed by atoms with Crippen LogP contribution in [0.1, 0.15) is 0 Å². The van der Waals surface area contributed by atoms with E-state index in [4.69, 9.17) is 0 Å². The van der Waals surface area contributed by atoms with Gasteiger partial charge >= 0.3 is 0 Å². The van der Waals surface area contributed by atoms with Crippen molar-refractivity contribution in [1.82, 2.24) is 15.0 Å². The molecular weight excluding hydrogens is 256 g/mol. The smallest absolute Gasteiger partial charge is 0.115 e. The minimum absolute atomic E-state index is 0.928. The van der Waals surface area contributed by atoms with E-state index < -0.39 is 0 Å². The van der Waals surface area contributed by atoms with Crippen LogP contribution in [0.2, 0.25) is 0 Å². The average molecular weight is 265 g/mol. The SMILES string of the molecule is CN(c1cncnc1)c1cncc(Br)c1. The number of rotatable bonds is 2. The van der Waals surface area contributed by atoms with Crippen LogP contribution in [-0.4, -0.2) is 22.0 Å². The molecule has 0 amide bonds. The molecule has 76 valence electrons. The Kier molecular flexibility index (Phi) is 2.91. The summed E-state index contributed by atoms with van der Waals surface area (Å²) < 4.78 is 0.948. The zero-order valence-corrected chi connectivity index (χ0v) is 9.72. The van der Waals surface area contributed by atoms with Crippen molar-refractivity contribution in [1.29, 1.82) is 0 Å². The normalized spacial score (nSPS) is 10.0. The topological polar surface area (TPSA) is 41.9 Å². The Hall–Kier alpha value is -1.49. The van der Waals surface area contributed by atoms with Crippen LogP contribution in [-0.2, 0) is 0 Å². The number of pyridine rings is 1. The molecular formula is C10H9BrN4. The molecule has 0 saturated heterocycles. The molecule has 0 atom stereocenters. The Morgan fingerprint density at radius 2 is 1.67 bits per heavy atom. The zero-order valence-electron chi connectivity index (χ0n) is 8.13. The van der Waals surface area contributed by atoms with Gasteiger partial charge in [0.15, 0.2) is 0 Å². The first-order valence-corrected chi connectivity index (χ1v) is 5.16. The van der Waals surface area contributed by atoms with Crippen molar-refractivity contribution in [3.63, 3.8) is 0 Å². The summed E-state index contributed by atoms with van der Waals surface area (Å²) >= 11 is 3.38. The first-order valence-electron chi connectivity index (χ1n) is 4.36. The maximum Gasteiger partial charge on any atom is 0.115 e. The third kappa shape index (κ3) is 2.30. The van der Waals surface area contributed by atoms with E-state index in [1.54, 1.807) is 24.8 Å². The maximum absolute atomic E-state index is 4.10. The highest BCUT2D eigenvalue weighted by molar-refractivity contribution is 9.10. The fraction of sp³-hybridized carbons (Fsp3) is 0.100. The summed E-state index contributed by atoms with van der Waals surface area (Å²) in [5, 5.41) is 0. The summed E-state index contributed by atoms with van der Waals surface area (Å²) in [6.07, 6.45) is 8.56. The maximum atomic E-state index is 4.10. The van der Waals surface area contributed by atoms with Crippen LogP contribution in [0.4, 0.5) is 11.4 Å². The average Bonchev–Trinajstić information content (AvgIpc) is 2.29. The second kappa shape index (κ2) is 4.35. The number of halogens is 1. The van der Waals surface area contributed by atoms with E-state index in [9.17, 15) is 0 Å². The summed E-state index contributed by atoms with van der Waals surface area (Å²) in [7, 11) is 1.95. The lowest BCUT2D eigenvalue weighted by Gasteiger charge is -2.17. The Labute approximate surface area is 96.1 Å². The molecule has 0 aliphatic carbocycles. The van der Waals surface area contributed by atoms with Crippen molar-refractivity contribution < 1.29 is 0 Å². The van der Waals surface area contributed by atoms with Gasteiger partial charge in [0.1, 0.15) is 6.33 Å². The highest BCUT2D eigenvalue weighted by atomic mass is 79.9. The lowest BCUT2D eigenvalue weighted by atomic mass is 10.3. The molecule has 15 heavy (non-hydrogen) atoms. The van der Waals surface area contributed by atoms with Gasteiger partial charge in [0.05, 0.1) is 30.0 Å². The number of hydrogen-bond acceptors (Lipinski definition) is 4. The van der Waals surface area contributed by atoms with Gasteiger partial charge in [-0.1, -0.05) is 0 Å². The standard InChI is InChI=1S/C10H9BrN4/c1-15(10-5-13-7-14-6-10)9-2-8(11)3-12-4-9/h2-7H,1H3. The van der Waals surface area contributed by atoms with Crippen molar-refractivity contribution in [2.45, 2.75) is 0 Å². The lowest BCUT2D eigenvalue weighted by molar-refractivity contribution is 1.10. The van der Waals surface area contributed by atoms with Crippen LogP contribution >= 0.6 is 15.9 Å². The minimum atomic E-state index is 0.928. The van der Waals surface area contributed by atoms with Gasteiger partial charge in [-0.3, -0.25) is 4.98 Å². The molecule has 0 radical (unpaired) electrons. The molecule has 2 rings (SSSR count). The third-order valence-electron chi connectivity index (χ3n) is 2.01. The van der Waals surface area contributed by atoms with Crippen LogP contribution in [0.5, 0.6) is 0 Å². The van der Waals surface area contributed by atoms with Crippen molar-refractivity contribution in [3.05, 3.63) is 41.7 Å². The summed E-state index contributed by atoms with van der Waals surface area (Å²) in [5.41, 5.74) is 1.91. The quantitative estimate of drug-likeness (QED) is 0.836. The Morgan fingerprint density at radius 1 is 1.00 bits per heavy atom. The van der Waals surface area contributed by atoms with E-state index in [1.165, 1.54) is 6.33 Å². The summed E-state index contributed by atoms with van der Waals surface area (Å²) in [6.45, 7) is 0. The van der Waals surface area contributed by atoms with Gasteiger partial charge in [0.2, 0.25) is 0 Å². The van der Waals surface area contributed by atoms with E-state index in [0.717, 1.165) is 15.8 Å². The van der Waals surface area contributed by atoms with E-state index in [2.05, 4.69) is 30.9 Å². The van der Waals surface area contributed by atoms with E-state index in [0.29, 0.717) is 0 Å². The van der Waals surface area contributed by atoms with Gasteiger partial charge in [0, 0.05) is 17.7 Å². The van der Waals surface area contributed by atoms with Crippen LogP contribution in [0, 0.1) is 0 Å². The number of hydrogen-bond donors (Lipinski definition) is 0. The summed E-state index contributed by atoms with van der Waals surface area (Å²) in [5.74, 6) is 0. The highest BCUT2D eigenvalue weighted by Gasteiger charge is 2.04. The molecule has 0 aliphatic rings. The molecule has 2 heterocycles. The molecule has 0 N–H and O–H groups in total. The van der Waals surface area contributed by atoms with Crippen LogP contribution in [0.15, 0.2) is 41.7 Å². The van der Waals surface area contributed by atoms with Crippen LogP contribution in [0.25, 0.3) is 0 Å². The van der Waals surface area contributed by atoms with Crippen molar-refractivity contribution >= 4 is 27.3 Å². The Morgan fingerprint density at radius 3 is 2.33 bits per heavy atom. The molecule has 0 bridgehead atoms. The summed E-state index contributed by atoms with van der Waals surface area (Å²) in [6, 6.07) is 1.99. The van der Waals surface area contributed by atoms with Crippen molar-refractivity contribution in [3.8, 4) is 0 Å². The lowest BCUT2D eigenvalue weighted by Crippen LogP contribution is -2.10. The molecule has 4 nitrogen and oxygen atoms in total. The second-order valence-electron chi connectivity index (χ2n) is 3.02. The Balaban J connectivity index is 2.32. The van der Waals surface area contributed by atoms with E-state index >= 15 is 0 Å². The van der Waals surface area contributed by atoms with Crippen molar-refractivity contribution in [2.75, 3.05) is 11.9 Å². The van der Waals surface area contributed by atoms with Crippen LogP contribution in [0.3, 0.4) is 0 Å². The first kappa shape index (κ1) is 10.0. The Bertz CT molecular complexity index is 446. The van der Waals surface area contributed by atoms with Gasteiger partial charge in [-0.15, -0.1) is 0 Å². The van der Waals surface area contributed by atoms with Gasteiger partial charge in [0.25, 0.3) is 0 Å². The van der Waals surface area contributed by atoms with Gasteiger partial charge in [-0.2, -0.15) is 0 Å². The monoisotopic (exact) mass is 264 g/mol. The molecule has 0 aliphatic heterocycles. The van der Waals surface area contributed by atoms with E-state index in [-0.39, 0.29) is 0 Å². The molecule has 0 unspecified atom stereocenters. The van der Waals surface area contributed by atoms with Gasteiger partial charge < -0.3 is 4.90 Å². The fourth-order valence-electron chi connectivity index (χ4n) is 1.20. The zero-order chi connectivity index (χ0) is 10.7.